The van der Waals surface area contributed by atoms with Crippen LogP contribution in [0.15, 0.2) is 60.7 Å². The van der Waals surface area contributed by atoms with Gasteiger partial charge in [-0.2, -0.15) is 0 Å². The number of carbonyl (C=O) groups is 1. The zero-order chi connectivity index (χ0) is 13.3. The van der Waals surface area contributed by atoms with E-state index >= 15 is 0 Å². The van der Waals surface area contributed by atoms with Crippen LogP contribution < -0.4 is 0 Å². The number of hydrogen-bond acceptors (Lipinski definition) is 2. The van der Waals surface area contributed by atoms with Crippen molar-refractivity contribution in [1.82, 2.24) is 0 Å². The van der Waals surface area contributed by atoms with Crippen LogP contribution in [0.2, 0.25) is 0 Å². The molecule has 1 saturated heterocycles. The Labute approximate surface area is 113 Å². The lowest BCUT2D eigenvalue weighted by atomic mass is 9.83. The summed E-state index contributed by atoms with van der Waals surface area (Å²) in [7, 11) is 0. The molecule has 1 heterocycles. The van der Waals surface area contributed by atoms with E-state index in [0.29, 0.717) is 6.42 Å². The Morgan fingerprint density at radius 1 is 0.947 bits per heavy atom. The van der Waals surface area contributed by atoms with Crippen molar-refractivity contribution in [2.45, 2.75) is 25.0 Å². The van der Waals surface area contributed by atoms with Crippen LogP contribution in [0.3, 0.4) is 0 Å². The van der Waals surface area contributed by atoms with Crippen molar-refractivity contribution in [2.75, 3.05) is 0 Å². The van der Waals surface area contributed by atoms with Crippen LogP contribution in [0.1, 0.15) is 24.5 Å². The largest absolute Gasteiger partial charge is 0.354 e. The third kappa shape index (κ3) is 1.98. The van der Waals surface area contributed by atoms with Gasteiger partial charge in [-0.15, -0.1) is 0 Å². The molecule has 1 atom stereocenters. The van der Waals surface area contributed by atoms with Crippen LogP contribution >= 0.6 is 0 Å². The molecule has 2 nitrogen and oxygen atoms in total. The fourth-order valence-electron chi connectivity index (χ4n) is 2.72. The standard InChI is InChI=1S/C17H16O2/c1-13-16(18)12-17(19-13,14-8-4-2-5-9-14)15-10-6-3-7-11-15/h2-11,13H,12H2,1H3. The molecule has 0 spiro atoms. The summed E-state index contributed by atoms with van der Waals surface area (Å²) in [5.41, 5.74) is 1.46. The third-order valence-corrected chi connectivity index (χ3v) is 3.73. The Bertz CT molecular complexity index is 535. The summed E-state index contributed by atoms with van der Waals surface area (Å²) in [6.07, 6.45) is 0.0581. The second-order valence-corrected chi connectivity index (χ2v) is 4.96. The van der Waals surface area contributed by atoms with E-state index in [4.69, 9.17) is 4.74 Å². The number of Topliss-reactive ketones (excluding diaryl/α,β-unsaturated/α-hetero) is 1. The molecule has 0 saturated carbocycles. The van der Waals surface area contributed by atoms with E-state index in [2.05, 4.69) is 0 Å². The summed E-state index contributed by atoms with van der Waals surface area (Å²) in [5.74, 6) is 0.160. The number of ketones is 1. The fraction of sp³-hybridized carbons (Fsp3) is 0.235. The van der Waals surface area contributed by atoms with Gasteiger partial charge in [0.15, 0.2) is 5.78 Å². The molecule has 0 radical (unpaired) electrons. The summed E-state index contributed by atoms with van der Waals surface area (Å²) in [6.45, 7) is 1.83. The summed E-state index contributed by atoms with van der Waals surface area (Å²) >= 11 is 0. The van der Waals surface area contributed by atoms with E-state index in [1.54, 1.807) is 0 Å². The van der Waals surface area contributed by atoms with Gasteiger partial charge in [-0.3, -0.25) is 4.79 Å². The molecule has 0 amide bonds. The quantitative estimate of drug-likeness (QED) is 0.819. The average molecular weight is 252 g/mol. The van der Waals surface area contributed by atoms with Crippen molar-refractivity contribution in [3.05, 3.63) is 71.8 Å². The molecule has 0 aliphatic carbocycles. The molecular formula is C17H16O2. The highest BCUT2D eigenvalue weighted by Crippen LogP contribution is 2.42. The van der Waals surface area contributed by atoms with Gasteiger partial charge in [0.05, 0.1) is 0 Å². The lowest BCUT2D eigenvalue weighted by Gasteiger charge is -2.29. The van der Waals surface area contributed by atoms with Crippen molar-refractivity contribution in [1.29, 1.82) is 0 Å². The first kappa shape index (κ1) is 12.1. The number of carbonyl (C=O) groups excluding carboxylic acids is 1. The Morgan fingerprint density at radius 2 is 1.42 bits per heavy atom. The second-order valence-electron chi connectivity index (χ2n) is 4.96. The molecule has 0 aromatic heterocycles. The average Bonchev–Trinajstić information content (AvgIpc) is 2.78. The van der Waals surface area contributed by atoms with Gasteiger partial charge in [-0.25, -0.2) is 0 Å². The molecule has 2 heteroatoms. The normalized spacial score (nSPS) is 21.5. The highest BCUT2D eigenvalue weighted by molar-refractivity contribution is 5.86. The first-order valence-corrected chi connectivity index (χ1v) is 6.54. The zero-order valence-corrected chi connectivity index (χ0v) is 10.9. The highest BCUT2D eigenvalue weighted by atomic mass is 16.5. The summed E-state index contributed by atoms with van der Waals surface area (Å²) in [6, 6.07) is 20.0. The Morgan fingerprint density at radius 3 is 1.79 bits per heavy atom. The van der Waals surface area contributed by atoms with Crippen LogP contribution in [-0.2, 0) is 15.1 Å². The summed E-state index contributed by atoms with van der Waals surface area (Å²) in [5, 5.41) is 0. The van der Waals surface area contributed by atoms with Crippen molar-refractivity contribution >= 4 is 5.78 Å². The van der Waals surface area contributed by atoms with Crippen LogP contribution in [0.5, 0.6) is 0 Å². The second kappa shape index (κ2) is 4.63. The predicted octanol–water partition coefficient (Wildman–Crippen LogP) is 3.31. The maximum Gasteiger partial charge on any atom is 0.164 e. The first-order valence-electron chi connectivity index (χ1n) is 6.54. The number of hydrogen-bond donors (Lipinski definition) is 0. The van der Waals surface area contributed by atoms with Crippen molar-refractivity contribution in [3.8, 4) is 0 Å². The molecule has 1 aliphatic heterocycles. The fourth-order valence-corrected chi connectivity index (χ4v) is 2.72. The van der Waals surface area contributed by atoms with E-state index < -0.39 is 5.60 Å². The minimum atomic E-state index is -0.626. The van der Waals surface area contributed by atoms with E-state index in [1.807, 2.05) is 67.6 Å². The molecule has 1 unspecified atom stereocenters. The monoisotopic (exact) mass is 252 g/mol. The van der Waals surface area contributed by atoms with E-state index in [0.717, 1.165) is 11.1 Å². The molecular weight excluding hydrogens is 236 g/mol. The van der Waals surface area contributed by atoms with Crippen molar-refractivity contribution in [3.63, 3.8) is 0 Å². The van der Waals surface area contributed by atoms with Gasteiger partial charge in [0.1, 0.15) is 11.7 Å². The lowest BCUT2D eigenvalue weighted by Crippen LogP contribution is -2.27. The minimum Gasteiger partial charge on any atom is -0.354 e. The van der Waals surface area contributed by atoms with Crippen molar-refractivity contribution in [2.24, 2.45) is 0 Å². The van der Waals surface area contributed by atoms with E-state index in [1.165, 1.54) is 0 Å². The first-order chi connectivity index (χ1) is 9.22. The van der Waals surface area contributed by atoms with Crippen LogP contribution in [0.25, 0.3) is 0 Å². The molecule has 2 aromatic rings. The van der Waals surface area contributed by atoms with Gasteiger partial charge in [-0.05, 0) is 18.1 Å². The number of ether oxygens (including phenoxy) is 1. The molecule has 1 aliphatic rings. The number of rotatable bonds is 2. The van der Waals surface area contributed by atoms with Gasteiger partial charge >= 0.3 is 0 Å². The van der Waals surface area contributed by atoms with E-state index in [9.17, 15) is 4.79 Å². The Hall–Kier alpha value is -1.93. The minimum absolute atomic E-state index is 0.160. The molecule has 0 N–H and O–H groups in total. The van der Waals surface area contributed by atoms with Gasteiger partial charge in [-0.1, -0.05) is 60.7 Å². The molecule has 3 rings (SSSR count). The number of benzene rings is 2. The van der Waals surface area contributed by atoms with Gasteiger partial charge in [0.2, 0.25) is 0 Å². The molecule has 2 aromatic carbocycles. The maximum atomic E-state index is 12.0. The predicted molar refractivity (Wildman–Crippen MR) is 73.8 cm³/mol. The topological polar surface area (TPSA) is 26.3 Å². The SMILES string of the molecule is CC1OC(c2ccccc2)(c2ccccc2)CC1=O. The maximum absolute atomic E-state index is 12.0. The Balaban J connectivity index is 2.15. The van der Waals surface area contributed by atoms with E-state index in [-0.39, 0.29) is 11.9 Å². The Kier molecular flexibility index (Phi) is 2.96. The summed E-state index contributed by atoms with van der Waals surface area (Å²) < 4.78 is 6.08. The van der Waals surface area contributed by atoms with Gasteiger partial charge in [0, 0.05) is 6.42 Å². The van der Waals surface area contributed by atoms with Gasteiger partial charge in [0.25, 0.3) is 0 Å². The molecule has 1 fully saturated rings. The van der Waals surface area contributed by atoms with Crippen LogP contribution in [0.4, 0.5) is 0 Å². The van der Waals surface area contributed by atoms with Crippen molar-refractivity contribution < 1.29 is 9.53 Å². The lowest BCUT2D eigenvalue weighted by molar-refractivity contribution is -0.122. The molecule has 0 bridgehead atoms. The molecule has 96 valence electrons. The van der Waals surface area contributed by atoms with Crippen LogP contribution in [-0.4, -0.2) is 11.9 Å². The highest BCUT2D eigenvalue weighted by Gasteiger charge is 2.46. The van der Waals surface area contributed by atoms with Gasteiger partial charge < -0.3 is 4.74 Å². The third-order valence-electron chi connectivity index (χ3n) is 3.73. The zero-order valence-electron chi connectivity index (χ0n) is 10.9. The van der Waals surface area contributed by atoms with Crippen LogP contribution in [0, 0.1) is 0 Å². The summed E-state index contributed by atoms with van der Waals surface area (Å²) in [4.78, 5) is 12.0. The molecule has 19 heavy (non-hydrogen) atoms. The smallest absolute Gasteiger partial charge is 0.164 e.